The van der Waals surface area contributed by atoms with Crippen molar-refractivity contribution in [1.29, 1.82) is 0 Å². The van der Waals surface area contributed by atoms with E-state index in [1.807, 2.05) is 7.05 Å². The predicted octanol–water partition coefficient (Wildman–Crippen LogP) is 0.217. The van der Waals surface area contributed by atoms with Gasteiger partial charge in [-0.15, -0.1) is 0 Å². The van der Waals surface area contributed by atoms with E-state index in [0.29, 0.717) is 0 Å². The predicted molar refractivity (Wildman–Crippen MR) is 31.7 cm³/mol. The molecule has 0 spiro atoms. The van der Waals surface area contributed by atoms with Gasteiger partial charge in [0.15, 0.2) is 0 Å². The molecule has 0 heterocycles. The second-order valence-corrected chi connectivity index (χ2v) is 2.22. The third kappa shape index (κ3) is 2.60. The SMILES string of the molecule is CC[N+](C)(C)NC. The van der Waals surface area contributed by atoms with Gasteiger partial charge in [-0.25, -0.2) is 0 Å². The van der Waals surface area contributed by atoms with E-state index in [1.54, 1.807) is 0 Å². The maximum atomic E-state index is 3.13. The van der Waals surface area contributed by atoms with E-state index in [1.165, 1.54) is 0 Å². The molecule has 0 bridgehead atoms. The number of rotatable bonds is 2. The van der Waals surface area contributed by atoms with Gasteiger partial charge in [-0.3, -0.25) is 4.59 Å². The number of hydrogen-bond donors (Lipinski definition) is 1. The lowest BCUT2D eigenvalue weighted by atomic mass is 10.6. The summed E-state index contributed by atoms with van der Waals surface area (Å²) in [7, 11) is 6.21. The Morgan fingerprint density at radius 3 is 1.86 bits per heavy atom. The molecule has 0 rings (SSSR count). The first-order valence-corrected chi connectivity index (χ1v) is 2.64. The first-order valence-electron chi connectivity index (χ1n) is 2.64. The molecule has 1 N–H and O–H groups in total. The molecule has 0 saturated heterocycles. The van der Waals surface area contributed by atoms with Gasteiger partial charge in [-0.05, 0) is 6.92 Å². The van der Waals surface area contributed by atoms with Crippen LogP contribution in [0.25, 0.3) is 0 Å². The molecule has 44 valence electrons. The summed E-state index contributed by atoms with van der Waals surface area (Å²) in [5, 5.41) is 0. The minimum atomic E-state index is 0.889. The van der Waals surface area contributed by atoms with Crippen molar-refractivity contribution in [3.63, 3.8) is 0 Å². The molecule has 2 heteroatoms. The highest BCUT2D eigenvalue weighted by atomic mass is 15.6. The van der Waals surface area contributed by atoms with E-state index in [4.69, 9.17) is 0 Å². The van der Waals surface area contributed by atoms with E-state index in [-0.39, 0.29) is 0 Å². The third-order valence-corrected chi connectivity index (χ3v) is 1.40. The Morgan fingerprint density at radius 2 is 1.86 bits per heavy atom. The van der Waals surface area contributed by atoms with Crippen molar-refractivity contribution in [2.24, 2.45) is 0 Å². The summed E-state index contributed by atoms with van der Waals surface area (Å²) in [5.41, 5.74) is 3.13. The summed E-state index contributed by atoms with van der Waals surface area (Å²) in [4.78, 5) is 0. The average molecular weight is 103 g/mol. The van der Waals surface area contributed by atoms with Crippen LogP contribution in [0.5, 0.6) is 0 Å². The van der Waals surface area contributed by atoms with E-state index in [0.717, 1.165) is 11.1 Å². The highest BCUT2D eigenvalue weighted by molar-refractivity contribution is 4.08. The van der Waals surface area contributed by atoms with Crippen molar-refractivity contribution in [3.8, 4) is 0 Å². The van der Waals surface area contributed by atoms with E-state index < -0.39 is 0 Å². The fourth-order valence-electron chi connectivity index (χ4n) is 0.158. The van der Waals surface area contributed by atoms with Crippen molar-refractivity contribution >= 4 is 0 Å². The Kier molecular flexibility index (Phi) is 2.26. The Balaban J connectivity index is 3.36. The minimum Gasteiger partial charge on any atom is -0.251 e. The van der Waals surface area contributed by atoms with Crippen LogP contribution < -0.4 is 5.43 Å². The highest BCUT2D eigenvalue weighted by Crippen LogP contribution is 1.83. The molecule has 0 aromatic heterocycles. The Hall–Kier alpha value is -0.0800. The van der Waals surface area contributed by atoms with Crippen molar-refractivity contribution in [3.05, 3.63) is 0 Å². The Bertz CT molecular complexity index is 44.0. The number of nitrogens with zero attached hydrogens (tertiary/aromatic N) is 1. The Morgan fingerprint density at radius 1 is 1.43 bits per heavy atom. The number of hydrogen-bond acceptors (Lipinski definition) is 1. The summed E-state index contributed by atoms with van der Waals surface area (Å²) in [6.07, 6.45) is 0. The lowest BCUT2D eigenvalue weighted by molar-refractivity contribution is -0.930. The summed E-state index contributed by atoms with van der Waals surface area (Å²) in [6.45, 7) is 3.27. The molecule has 0 radical (unpaired) electrons. The first-order chi connectivity index (χ1) is 3.12. The van der Waals surface area contributed by atoms with Crippen LogP contribution in [0.4, 0.5) is 0 Å². The van der Waals surface area contributed by atoms with Gasteiger partial charge in [0.2, 0.25) is 0 Å². The quantitative estimate of drug-likeness (QED) is 0.389. The zero-order valence-corrected chi connectivity index (χ0v) is 5.65. The molecule has 0 fully saturated rings. The van der Waals surface area contributed by atoms with Gasteiger partial charge in [0.1, 0.15) is 0 Å². The van der Waals surface area contributed by atoms with Gasteiger partial charge in [-0.1, -0.05) is 0 Å². The van der Waals surface area contributed by atoms with Crippen molar-refractivity contribution < 1.29 is 4.59 Å². The van der Waals surface area contributed by atoms with E-state index in [2.05, 4.69) is 26.4 Å². The van der Waals surface area contributed by atoms with Crippen LogP contribution in [0.1, 0.15) is 6.92 Å². The standard InChI is InChI=1S/C5H15N2/c1-5-7(3,4)6-2/h6H,5H2,1-4H3/q+1. The van der Waals surface area contributed by atoms with Gasteiger partial charge >= 0.3 is 0 Å². The maximum Gasteiger partial charge on any atom is 0.0929 e. The van der Waals surface area contributed by atoms with E-state index >= 15 is 0 Å². The normalized spacial score (nSPS) is 12.0. The molecule has 7 heavy (non-hydrogen) atoms. The summed E-state index contributed by atoms with van der Waals surface area (Å²) in [5.74, 6) is 0. The van der Waals surface area contributed by atoms with Crippen LogP contribution in [0.2, 0.25) is 0 Å². The molecule has 0 aliphatic carbocycles. The fraction of sp³-hybridized carbons (Fsp3) is 1.00. The smallest absolute Gasteiger partial charge is 0.0929 e. The van der Waals surface area contributed by atoms with Gasteiger partial charge in [0, 0.05) is 7.05 Å². The minimum absolute atomic E-state index is 0.889. The molecule has 0 aliphatic heterocycles. The first kappa shape index (κ1) is 6.92. The zero-order valence-electron chi connectivity index (χ0n) is 5.65. The van der Waals surface area contributed by atoms with Crippen molar-refractivity contribution in [2.45, 2.75) is 6.92 Å². The molecule has 2 nitrogen and oxygen atoms in total. The monoisotopic (exact) mass is 103 g/mol. The van der Waals surface area contributed by atoms with Gasteiger partial charge in [0.25, 0.3) is 0 Å². The number of nitrogens with one attached hydrogen (secondary N) is 1. The largest absolute Gasteiger partial charge is 0.251 e. The number of quaternary nitrogens is 1. The molecule has 0 amide bonds. The topological polar surface area (TPSA) is 12.0 Å². The summed E-state index contributed by atoms with van der Waals surface area (Å²) < 4.78 is 0.889. The lowest BCUT2D eigenvalue weighted by Crippen LogP contribution is -2.49. The van der Waals surface area contributed by atoms with Gasteiger partial charge in [-0.2, -0.15) is 5.43 Å². The van der Waals surface area contributed by atoms with Gasteiger partial charge in [0.05, 0.1) is 20.6 Å². The summed E-state index contributed by atoms with van der Waals surface area (Å²) >= 11 is 0. The zero-order chi connectivity index (χ0) is 5.91. The van der Waals surface area contributed by atoms with Crippen LogP contribution in [-0.4, -0.2) is 32.3 Å². The third-order valence-electron chi connectivity index (χ3n) is 1.40. The van der Waals surface area contributed by atoms with Crippen LogP contribution in [0.15, 0.2) is 0 Å². The van der Waals surface area contributed by atoms with Crippen LogP contribution >= 0.6 is 0 Å². The molecule has 0 aromatic rings. The van der Waals surface area contributed by atoms with Gasteiger partial charge < -0.3 is 0 Å². The highest BCUT2D eigenvalue weighted by Gasteiger charge is 2.04. The Labute approximate surface area is 45.7 Å². The maximum absolute atomic E-state index is 3.13. The second-order valence-electron chi connectivity index (χ2n) is 2.22. The molecular formula is C5H15N2+. The second kappa shape index (κ2) is 2.28. The fourth-order valence-corrected chi connectivity index (χ4v) is 0.158. The molecular weight excluding hydrogens is 88.1 g/mol. The molecule has 0 unspecified atom stereocenters. The average Bonchev–Trinajstić information content (AvgIpc) is 1.68. The van der Waals surface area contributed by atoms with Crippen LogP contribution in [0, 0.1) is 0 Å². The van der Waals surface area contributed by atoms with Crippen molar-refractivity contribution in [1.82, 2.24) is 5.43 Å². The van der Waals surface area contributed by atoms with Crippen LogP contribution in [0.3, 0.4) is 0 Å². The molecule has 0 aromatic carbocycles. The van der Waals surface area contributed by atoms with Crippen LogP contribution in [-0.2, 0) is 0 Å². The van der Waals surface area contributed by atoms with Crippen molar-refractivity contribution in [2.75, 3.05) is 27.7 Å². The molecule has 0 aliphatic rings. The molecule has 0 saturated carbocycles. The summed E-state index contributed by atoms with van der Waals surface area (Å²) in [6, 6.07) is 0. The van der Waals surface area contributed by atoms with E-state index in [9.17, 15) is 0 Å². The lowest BCUT2D eigenvalue weighted by Gasteiger charge is -2.25. The molecule has 0 atom stereocenters.